The van der Waals surface area contributed by atoms with E-state index in [2.05, 4.69) is 9.97 Å². The van der Waals surface area contributed by atoms with Gasteiger partial charge in [-0.1, -0.05) is 24.3 Å². The van der Waals surface area contributed by atoms with Gasteiger partial charge < -0.3 is 10.2 Å². The van der Waals surface area contributed by atoms with Crippen LogP contribution in [0.4, 0.5) is 0 Å². The maximum atomic E-state index is 10.4. The molecule has 3 rings (SSSR count). The van der Waals surface area contributed by atoms with E-state index in [1.54, 1.807) is 24.5 Å². The number of carbonyl (C=O) groups is 1. The first-order valence-corrected chi connectivity index (χ1v) is 6.57. The van der Waals surface area contributed by atoms with E-state index in [0.29, 0.717) is 0 Å². The summed E-state index contributed by atoms with van der Waals surface area (Å²) >= 11 is 0. The van der Waals surface area contributed by atoms with Crippen LogP contribution in [0.1, 0.15) is 10.4 Å². The minimum atomic E-state index is -0.800. The monoisotopic (exact) mass is 359 g/mol. The summed E-state index contributed by atoms with van der Waals surface area (Å²) in [7, 11) is 0. The number of rotatable bonds is 2. The predicted molar refractivity (Wildman–Crippen MR) is 84.9 cm³/mol. The van der Waals surface area contributed by atoms with Gasteiger partial charge in [-0.3, -0.25) is 9.97 Å². The summed E-state index contributed by atoms with van der Waals surface area (Å²) in [6.45, 7) is 0. The van der Waals surface area contributed by atoms with Crippen LogP contribution in [0, 0.1) is 0 Å². The Morgan fingerprint density at radius 2 is 1.26 bits per heavy atom. The summed E-state index contributed by atoms with van der Waals surface area (Å²) in [6.07, 6.45) is 3.54. The molecular formula is C17H16CuN2O3+4. The molecule has 1 radical (unpaired) electrons. The first kappa shape index (κ1) is 18.4. The Morgan fingerprint density at radius 3 is 1.61 bits per heavy atom. The van der Waals surface area contributed by atoms with Crippen LogP contribution in [0.15, 0.2) is 73.1 Å². The van der Waals surface area contributed by atoms with Crippen LogP contribution in [0.3, 0.4) is 0 Å². The van der Waals surface area contributed by atoms with E-state index in [1.807, 2.05) is 36.4 Å². The molecule has 0 aliphatic heterocycles. The number of hydrogen-bond donors (Lipinski definition) is 0. The van der Waals surface area contributed by atoms with Crippen molar-refractivity contribution in [1.82, 2.24) is 9.97 Å². The van der Waals surface area contributed by atoms with Gasteiger partial charge in [0.05, 0.1) is 11.4 Å². The summed E-state index contributed by atoms with van der Waals surface area (Å²) in [5, 5.41) is 13.9. The zero-order chi connectivity index (χ0) is 15.8. The third-order valence-corrected chi connectivity index (χ3v) is 2.76. The average Bonchev–Trinajstić information content (AvgIpc) is 2.57. The van der Waals surface area contributed by atoms with E-state index < -0.39 is 5.97 Å². The molecule has 5 nitrogen and oxygen atoms in total. The Hall–Kier alpha value is -2.69. The van der Waals surface area contributed by atoms with Crippen LogP contribution < -0.4 is 0 Å². The summed E-state index contributed by atoms with van der Waals surface area (Å²) < 4.78 is 0. The maximum Gasteiger partial charge on any atom is 2.00 e. The van der Waals surface area contributed by atoms with Crippen LogP contribution in [-0.4, -0.2) is 26.2 Å². The Morgan fingerprint density at radius 1 is 0.783 bits per heavy atom. The van der Waals surface area contributed by atoms with E-state index in [-0.39, 0.29) is 28.4 Å². The van der Waals surface area contributed by atoms with Crippen LogP contribution in [0.25, 0.3) is 11.4 Å². The van der Waals surface area contributed by atoms with Gasteiger partial charge in [0.1, 0.15) is 0 Å². The number of benzene rings is 1. The van der Waals surface area contributed by atoms with Gasteiger partial charge in [-0.05, 0) is 30.3 Å². The SMILES string of the molecule is O=C([OH2+])c1ccccc1[OH2+].[Cu+2].c1ccc(-c2ccccn2)nc1. The molecule has 0 bridgehead atoms. The predicted octanol–water partition coefficient (Wildman–Crippen LogP) is 2.13. The van der Waals surface area contributed by atoms with E-state index >= 15 is 0 Å². The zero-order valence-electron chi connectivity index (χ0n) is 12.0. The molecule has 3 aromatic rings. The first-order valence-electron chi connectivity index (χ1n) is 6.57. The summed E-state index contributed by atoms with van der Waals surface area (Å²) in [6, 6.07) is 17.9. The van der Waals surface area contributed by atoms with Gasteiger partial charge in [0, 0.05) is 23.3 Å². The van der Waals surface area contributed by atoms with Gasteiger partial charge in [-0.15, -0.1) is 0 Å². The number of para-hydroxylation sites is 1. The van der Waals surface area contributed by atoms with Gasteiger partial charge in [0.25, 0.3) is 5.75 Å². The first-order chi connectivity index (χ1) is 10.7. The smallest absolute Gasteiger partial charge is 0.593 e. The minimum absolute atomic E-state index is 0. The van der Waals surface area contributed by atoms with Crippen LogP contribution >= 0.6 is 0 Å². The van der Waals surface area contributed by atoms with Gasteiger partial charge in [0.15, 0.2) is 0 Å². The van der Waals surface area contributed by atoms with Crippen molar-refractivity contribution in [2.75, 3.05) is 0 Å². The second-order valence-electron chi connectivity index (χ2n) is 4.30. The molecule has 0 unspecified atom stereocenters. The fourth-order valence-corrected chi connectivity index (χ4v) is 1.71. The van der Waals surface area contributed by atoms with Crippen molar-refractivity contribution in [2.45, 2.75) is 0 Å². The number of aromatic nitrogens is 2. The average molecular weight is 360 g/mol. The Kier molecular flexibility index (Phi) is 7.46. The van der Waals surface area contributed by atoms with Crippen molar-refractivity contribution in [3.05, 3.63) is 78.6 Å². The standard InChI is InChI=1S/C10H8N2.C7H6O3.Cu/c1-3-7-11-9(5-1)10-6-2-4-8-12-10;8-6-4-2-1-3-5(6)7(9)10;/h1-8H;1-4,8H,(H,9,10);/q;;+2/p+2. The van der Waals surface area contributed by atoms with Crippen molar-refractivity contribution in [3.8, 4) is 17.1 Å². The molecule has 0 saturated heterocycles. The number of nitrogens with zero attached hydrogens (tertiary/aromatic N) is 2. The van der Waals surface area contributed by atoms with E-state index in [4.69, 9.17) is 10.2 Å². The molecule has 0 atom stereocenters. The minimum Gasteiger partial charge on any atom is -0.593 e. The zero-order valence-corrected chi connectivity index (χ0v) is 13.0. The number of carbonyl (C=O) groups excluding carboxylic acids is 1. The van der Waals surface area contributed by atoms with Crippen LogP contribution in [0.5, 0.6) is 5.75 Å². The summed E-state index contributed by atoms with van der Waals surface area (Å²) in [4.78, 5) is 18.8. The molecule has 23 heavy (non-hydrogen) atoms. The third kappa shape index (κ3) is 5.54. The largest absolute Gasteiger partial charge is 2.00 e. The number of hydrogen-bond acceptors (Lipinski definition) is 3. The van der Waals surface area contributed by atoms with Crippen LogP contribution in [-0.2, 0) is 17.1 Å². The second-order valence-corrected chi connectivity index (χ2v) is 4.30. The number of pyridine rings is 2. The molecule has 0 amide bonds. The fraction of sp³-hybridized carbons (Fsp3) is 0. The van der Waals surface area contributed by atoms with Crippen molar-refractivity contribution < 1.29 is 32.1 Å². The van der Waals surface area contributed by atoms with Crippen LogP contribution in [0.2, 0.25) is 0 Å². The molecule has 6 heteroatoms. The fourth-order valence-electron chi connectivity index (χ4n) is 1.71. The van der Waals surface area contributed by atoms with Crippen molar-refractivity contribution in [2.24, 2.45) is 0 Å². The summed E-state index contributed by atoms with van der Waals surface area (Å²) in [5.41, 5.74) is 1.98. The Labute approximate surface area is 144 Å². The maximum absolute atomic E-state index is 10.4. The summed E-state index contributed by atoms with van der Waals surface area (Å²) in [5.74, 6) is -0.687. The molecule has 1 aromatic carbocycles. The van der Waals surface area contributed by atoms with Crippen molar-refractivity contribution in [1.29, 1.82) is 0 Å². The topological polar surface area (TPSA) is 88.6 Å². The van der Waals surface area contributed by atoms with Gasteiger partial charge in [0.2, 0.25) is 5.56 Å². The normalized spacial score (nSPS) is 9.04. The van der Waals surface area contributed by atoms with Gasteiger partial charge >= 0.3 is 23.0 Å². The van der Waals surface area contributed by atoms with E-state index in [0.717, 1.165) is 11.4 Å². The van der Waals surface area contributed by atoms with Gasteiger partial charge in [-0.25, -0.2) is 0 Å². The molecule has 119 valence electrons. The Bertz CT molecular complexity index is 700. The molecule has 2 aromatic heterocycles. The molecule has 4 N–H and O–H groups in total. The van der Waals surface area contributed by atoms with E-state index in [9.17, 15) is 4.79 Å². The van der Waals surface area contributed by atoms with Gasteiger partial charge in [-0.2, -0.15) is 0 Å². The molecular weight excluding hydrogens is 344 g/mol. The molecule has 0 aliphatic rings. The van der Waals surface area contributed by atoms with Crippen molar-refractivity contribution >= 4 is 5.97 Å². The molecule has 0 saturated carbocycles. The van der Waals surface area contributed by atoms with E-state index in [1.165, 1.54) is 12.1 Å². The second kappa shape index (κ2) is 9.35. The molecule has 0 aliphatic carbocycles. The van der Waals surface area contributed by atoms with Crippen molar-refractivity contribution in [3.63, 3.8) is 0 Å². The quantitative estimate of drug-likeness (QED) is 0.518. The molecule has 2 heterocycles. The molecule has 0 fully saturated rings. The Balaban J connectivity index is 0.000000224. The third-order valence-electron chi connectivity index (χ3n) is 2.76. The molecule has 0 spiro atoms.